The number of rotatable bonds is 5. The number of aryl methyl sites for hydroxylation is 1. The number of aromatic amines is 1. The molecule has 2 aliphatic rings. The molecule has 0 atom stereocenters. The van der Waals surface area contributed by atoms with Gasteiger partial charge in [-0.1, -0.05) is 12.1 Å². The lowest BCUT2D eigenvalue weighted by Crippen LogP contribution is -2.48. The number of aromatic nitrogens is 5. The van der Waals surface area contributed by atoms with Crippen molar-refractivity contribution < 1.29 is 27.4 Å². The number of benzene rings is 1. The van der Waals surface area contributed by atoms with Gasteiger partial charge in [-0.3, -0.25) is 9.36 Å². The third-order valence-electron chi connectivity index (χ3n) is 7.14. The average molecular weight is 513 g/mol. The fourth-order valence-corrected chi connectivity index (χ4v) is 5.27. The smallest absolute Gasteiger partial charge is 0.418 e. The van der Waals surface area contributed by atoms with Crippen molar-refractivity contribution in [3.63, 3.8) is 0 Å². The first-order valence-electron chi connectivity index (χ1n) is 11.5. The lowest BCUT2D eigenvalue weighted by molar-refractivity contribution is -0.136. The van der Waals surface area contributed by atoms with Gasteiger partial charge in [0, 0.05) is 31.4 Å². The van der Waals surface area contributed by atoms with E-state index in [1.807, 2.05) is 17.7 Å². The maximum absolute atomic E-state index is 14.1. The van der Waals surface area contributed by atoms with Crippen LogP contribution in [0.3, 0.4) is 0 Å². The molecular weight excluding hydrogens is 491 g/mol. The highest BCUT2D eigenvalue weighted by molar-refractivity contribution is 5.84. The Kier molecular flexibility index (Phi) is 5.19. The Morgan fingerprint density at radius 1 is 1.19 bits per heavy atom. The van der Waals surface area contributed by atoms with Gasteiger partial charge in [-0.2, -0.15) is 13.2 Å². The van der Waals surface area contributed by atoms with Crippen LogP contribution in [-0.4, -0.2) is 37.5 Å². The first-order chi connectivity index (χ1) is 17.7. The summed E-state index contributed by atoms with van der Waals surface area (Å²) in [6, 6.07) is 8.17. The van der Waals surface area contributed by atoms with Gasteiger partial charge >= 0.3 is 6.18 Å². The van der Waals surface area contributed by atoms with Crippen molar-refractivity contribution in [1.29, 1.82) is 0 Å². The Balaban J connectivity index is 1.51. The van der Waals surface area contributed by atoms with E-state index in [1.165, 1.54) is 18.6 Å². The summed E-state index contributed by atoms with van der Waals surface area (Å²) >= 11 is 0. The number of fused-ring (bicyclic) bond motifs is 1. The highest BCUT2D eigenvalue weighted by Gasteiger charge is 2.50. The molecule has 192 valence electrons. The van der Waals surface area contributed by atoms with E-state index in [0.29, 0.717) is 18.5 Å². The highest BCUT2D eigenvalue weighted by Crippen LogP contribution is 2.49. The van der Waals surface area contributed by atoms with Gasteiger partial charge in [-0.25, -0.2) is 0 Å². The fraction of sp³-hybridized carbons (Fsp3) is 0.320. The number of methoxy groups -OCH3 is 1. The first kappa shape index (κ1) is 23.3. The molecule has 0 unspecified atom stereocenters. The van der Waals surface area contributed by atoms with E-state index < -0.39 is 29.0 Å². The number of halogens is 3. The molecule has 37 heavy (non-hydrogen) atoms. The molecule has 4 heterocycles. The second-order valence-electron chi connectivity index (χ2n) is 9.27. The molecule has 1 aromatic carbocycles. The lowest BCUT2D eigenvalue weighted by atomic mass is 9.62. The standard InChI is InChI=1S/C25H22F3N5O4/c1-32-13-29-31-23(32)24(10-16(11-24)35-2)14-4-3-5-15(8-14)33-12-18(25(26,27)28)17-9-19(22-36-6-7-37-22)30-20(17)21(33)34/h3-9,12-13,16,22,30H,10-11H2,1-2H3. The van der Waals surface area contributed by atoms with Gasteiger partial charge in [-0.15, -0.1) is 10.2 Å². The summed E-state index contributed by atoms with van der Waals surface area (Å²) in [6.45, 7) is 0. The van der Waals surface area contributed by atoms with E-state index in [4.69, 9.17) is 14.2 Å². The van der Waals surface area contributed by atoms with Crippen LogP contribution < -0.4 is 5.56 Å². The summed E-state index contributed by atoms with van der Waals surface area (Å²) in [7, 11) is 3.47. The summed E-state index contributed by atoms with van der Waals surface area (Å²) < 4.78 is 61.2. The van der Waals surface area contributed by atoms with Gasteiger partial charge in [0.2, 0.25) is 0 Å². The summed E-state index contributed by atoms with van der Waals surface area (Å²) in [6.07, 6.45) is 0.590. The van der Waals surface area contributed by atoms with Crippen molar-refractivity contribution in [3.8, 4) is 5.69 Å². The minimum atomic E-state index is -4.71. The Labute approximate surface area is 208 Å². The van der Waals surface area contributed by atoms with Gasteiger partial charge in [-0.05, 0) is 36.6 Å². The first-order valence-corrected chi connectivity index (χ1v) is 11.5. The number of ether oxygens (including phenoxy) is 3. The molecule has 1 fully saturated rings. The quantitative estimate of drug-likeness (QED) is 0.432. The summed E-state index contributed by atoms with van der Waals surface area (Å²) in [5.41, 5.74) is -1.02. The van der Waals surface area contributed by atoms with E-state index in [2.05, 4.69) is 15.2 Å². The molecule has 0 radical (unpaired) electrons. The van der Waals surface area contributed by atoms with E-state index >= 15 is 0 Å². The van der Waals surface area contributed by atoms with Gasteiger partial charge in [0.1, 0.15) is 30.2 Å². The SMILES string of the molecule is COC1CC(c2cccc(-n3cc(C(F)(F)F)c4cc(C5OC=CO5)[nH]c4c3=O)c2)(c2nncn2C)C1. The molecule has 4 aromatic rings. The second-order valence-corrected chi connectivity index (χ2v) is 9.27. The van der Waals surface area contributed by atoms with Crippen LogP contribution in [0.15, 0.2) is 60.2 Å². The van der Waals surface area contributed by atoms with Gasteiger partial charge in [0.05, 0.1) is 22.8 Å². The molecule has 1 aliphatic heterocycles. The minimum absolute atomic E-state index is 0.00288. The van der Waals surface area contributed by atoms with Crippen molar-refractivity contribution in [2.45, 2.75) is 36.8 Å². The molecule has 1 saturated carbocycles. The third-order valence-corrected chi connectivity index (χ3v) is 7.14. The van der Waals surface area contributed by atoms with Crippen LogP contribution in [-0.2, 0) is 32.8 Å². The van der Waals surface area contributed by atoms with Crippen molar-refractivity contribution in [2.24, 2.45) is 7.05 Å². The van der Waals surface area contributed by atoms with Crippen LogP contribution >= 0.6 is 0 Å². The van der Waals surface area contributed by atoms with Gasteiger partial charge in [0.25, 0.3) is 11.8 Å². The Morgan fingerprint density at radius 2 is 1.95 bits per heavy atom. The maximum Gasteiger partial charge on any atom is 0.418 e. The molecule has 0 amide bonds. The molecule has 0 saturated heterocycles. The van der Waals surface area contributed by atoms with Crippen LogP contribution in [0.4, 0.5) is 13.2 Å². The monoisotopic (exact) mass is 513 g/mol. The zero-order valence-electron chi connectivity index (χ0n) is 19.8. The molecule has 0 bridgehead atoms. The minimum Gasteiger partial charge on any atom is -0.454 e. The van der Waals surface area contributed by atoms with Gasteiger partial charge < -0.3 is 23.8 Å². The highest BCUT2D eigenvalue weighted by atomic mass is 19.4. The zero-order valence-corrected chi connectivity index (χ0v) is 19.8. The Hall–Kier alpha value is -4.06. The lowest BCUT2D eigenvalue weighted by Gasteiger charge is -2.46. The van der Waals surface area contributed by atoms with Crippen LogP contribution in [0, 0.1) is 0 Å². The maximum atomic E-state index is 14.1. The number of H-pyrrole nitrogens is 1. The van der Waals surface area contributed by atoms with E-state index in [9.17, 15) is 18.0 Å². The van der Waals surface area contributed by atoms with Crippen LogP contribution in [0.1, 0.15) is 41.8 Å². The number of pyridine rings is 1. The van der Waals surface area contributed by atoms with Crippen LogP contribution in [0.5, 0.6) is 0 Å². The number of alkyl halides is 3. The molecule has 9 nitrogen and oxygen atoms in total. The van der Waals surface area contributed by atoms with Crippen molar-refractivity contribution in [1.82, 2.24) is 24.3 Å². The number of nitrogens with one attached hydrogen (secondary N) is 1. The largest absolute Gasteiger partial charge is 0.454 e. The summed E-state index contributed by atoms with van der Waals surface area (Å²) in [4.78, 5) is 16.3. The fourth-order valence-electron chi connectivity index (χ4n) is 5.27. The molecule has 12 heteroatoms. The third kappa shape index (κ3) is 3.62. The predicted molar refractivity (Wildman–Crippen MR) is 125 cm³/mol. The molecule has 1 aliphatic carbocycles. The molecule has 1 N–H and O–H groups in total. The normalized spacial score (nSPS) is 21.7. The van der Waals surface area contributed by atoms with Gasteiger partial charge in [0.15, 0.2) is 0 Å². The Bertz CT molecular complexity index is 1570. The molecule has 3 aromatic heterocycles. The summed E-state index contributed by atoms with van der Waals surface area (Å²) in [5, 5.41) is 8.07. The van der Waals surface area contributed by atoms with E-state index in [0.717, 1.165) is 22.2 Å². The second kappa shape index (κ2) is 8.23. The average Bonchev–Trinajstić information content (AvgIpc) is 3.60. The van der Waals surface area contributed by atoms with Crippen molar-refractivity contribution >= 4 is 10.9 Å². The topological polar surface area (TPSA) is 96.2 Å². The number of nitrogens with zero attached hydrogens (tertiary/aromatic N) is 4. The zero-order chi connectivity index (χ0) is 25.9. The number of hydrogen-bond donors (Lipinski definition) is 1. The summed E-state index contributed by atoms with van der Waals surface area (Å²) in [5.74, 6) is 0.718. The Morgan fingerprint density at radius 3 is 2.59 bits per heavy atom. The molecule has 0 spiro atoms. The van der Waals surface area contributed by atoms with Crippen molar-refractivity contribution in [2.75, 3.05) is 7.11 Å². The molecule has 6 rings (SSSR count). The predicted octanol–water partition coefficient (Wildman–Crippen LogP) is 4.08. The van der Waals surface area contributed by atoms with Crippen LogP contribution in [0.2, 0.25) is 0 Å². The van der Waals surface area contributed by atoms with Crippen LogP contribution in [0.25, 0.3) is 16.6 Å². The van der Waals surface area contributed by atoms with E-state index in [-0.39, 0.29) is 22.7 Å². The molecular formula is C25H22F3N5O4. The number of hydrogen-bond acceptors (Lipinski definition) is 6. The van der Waals surface area contributed by atoms with Crippen molar-refractivity contribution in [3.05, 3.63) is 88.4 Å². The van der Waals surface area contributed by atoms with E-state index in [1.54, 1.807) is 31.6 Å².